The summed E-state index contributed by atoms with van der Waals surface area (Å²) in [5.41, 5.74) is 1.84. The lowest BCUT2D eigenvalue weighted by Crippen LogP contribution is -2.20. The molecular formula is C24H20F4N2O4. The van der Waals surface area contributed by atoms with Crippen LogP contribution in [0.3, 0.4) is 0 Å². The van der Waals surface area contributed by atoms with Crippen molar-refractivity contribution >= 4 is 12.0 Å². The maximum Gasteiger partial charge on any atom is 0.387 e. The number of hydrogen-bond donors (Lipinski definition) is 1. The number of carbonyl (C=O) groups excluding carboxylic acids is 1. The Morgan fingerprint density at radius 1 is 0.941 bits per heavy atom. The van der Waals surface area contributed by atoms with E-state index in [-0.39, 0.29) is 17.9 Å². The topological polar surface area (TPSA) is 69.7 Å². The SMILES string of the molecule is O=C(/C=C/c1ccc(OC(F)F)cc1OC(F)F)NCc1ccc(OCc2cccnc2)cc1. The first-order valence-electron chi connectivity index (χ1n) is 9.99. The van der Waals surface area contributed by atoms with E-state index >= 15 is 0 Å². The minimum absolute atomic E-state index is 0.0900. The van der Waals surface area contributed by atoms with Crippen LogP contribution in [0.1, 0.15) is 16.7 Å². The van der Waals surface area contributed by atoms with Gasteiger partial charge in [-0.25, -0.2) is 0 Å². The molecule has 2 aromatic carbocycles. The van der Waals surface area contributed by atoms with E-state index in [1.54, 1.807) is 36.7 Å². The van der Waals surface area contributed by atoms with Crippen LogP contribution in [0, 0.1) is 0 Å². The second-order valence-corrected chi connectivity index (χ2v) is 6.80. The summed E-state index contributed by atoms with van der Waals surface area (Å²) in [4.78, 5) is 16.1. The lowest BCUT2D eigenvalue weighted by molar-refractivity contribution is -0.116. The van der Waals surface area contributed by atoms with Gasteiger partial charge in [-0.15, -0.1) is 0 Å². The minimum Gasteiger partial charge on any atom is -0.489 e. The smallest absolute Gasteiger partial charge is 0.387 e. The van der Waals surface area contributed by atoms with E-state index in [2.05, 4.69) is 19.8 Å². The highest BCUT2D eigenvalue weighted by Crippen LogP contribution is 2.28. The summed E-state index contributed by atoms with van der Waals surface area (Å²) in [7, 11) is 0. The highest BCUT2D eigenvalue weighted by molar-refractivity contribution is 5.92. The number of amides is 1. The number of nitrogens with zero attached hydrogens (tertiary/aromatic N) is 1. The third kappa shape index (κ3) is 8.12. The molecule has 0 aliphatic rings. The van der Waals surface area contributed by atoms with Crippen LogP contribution in [0.25, 0.3) is 6.08 Å². The van der Waals surface area contributed by atoms with E-state index in [0.717, 1.165) is 29.3 Å². The number of aromatic nitrogens is 1. The molecule has 0 radical (unpaired) electrons. The first-order valence-corrected chi connectivity index (χ1v) is 9.99. The maximum atomic E-state index is 12.6. The largest absolute Gasteiger partial charge is 0.489 e. The van der Waals surface area contributed by atoms with Crippen molar-refractivity contribution in [2.45, 2.75) is 26.4 Å². The third-order valence-electron chi connectivity index (χ3n) is 4.36. The molecular weight excluding hydrogens is 456 g/mol. The number of halogens is 4. The zero-order chi connectivity index (χ0) is 24.3. The number of alkyl halides is 4. The predicted molar refractivity (Wildman–Crippen MR) is 116 cm³/mol. The Morgan fingerprint density at radius 2 is 1.68 bits per heavy atom. The van der Waals surface area contributed by atoms with Crippen LogP contribution < -0.4 is 19.5 Å². The molecule has 0 fully saturated rings. The van der Waals surface area contributed by atoms with Gasteiger partial charge in [-0.1, -0.05) is 18.2 Å². The van der Waals surface area contributed by atoms with Crippen LogP contribution in [0.4, 0.5) is 17.6 Å². The van der Waals surface area contributed by atoms with Gasteiger partial charge in [0.25, 0.3) is 0 Å². The molecule has 0 unspecified atom stereocenters. The van der Waals surface area contributed by atoms with Crippen LogP contribution in [0.5, 0.6) is 17.2 Å². The van der Waals surface area contributed by atoms with Crippen molar-refractivity contribution in [1.29, 1.82) is 0 Å². The molecule has 6 nitrogen and oxygen atoms in total. The van der Waals surface area contributed by atoms with E-state index in [9.17, 15) is 22.4 Å². The number of hydrogen-bond acceptors (Lipinski definition) is 5. The standard InChI is InChI=1S/C24H20F4N2O4/c25-23(26)33-20-9-5-18(21(12-20)34-24(27)28)6-10-22(31)30-14-16-3-7-19(8-4-16)32-15-17-2-1-11-29-13-17/h1-13,23-24H,14-15H2,(H,30,31)/b10-6+. The fraction of sp³-hybridized carbons (Fsp3) is 0.167. The normalized spacial score (nSPS) is 11.1. The Bertz CT molecular complexity index is 1090. The molecule has 34 heavy (non-hydrogen) atoms. The van der Waals surface area contributed by atoms with Gasteiger partial charge in [-0.3, -0.25) is 9.78 Å². The lowest BCUT2D eigenvalue weighted by Gasteiger charge is -2.11. The summed E-state index contributed by atoms with van der Waals surface area (Å²) in [5, 5.41) is 2.66. The first kappa shape index (κ1) is 24.6. The van der Waals surface area contributed by atoms with Crippen LogP contribution in [0.2, 0.25) is 0 Å². The van der Waals surface area contributed by atoms with Crippen molar-refractivity contribution in [3.05, 3.63) is 89.8 Å². The zero-order valence-corrected chi connectivity index (χ0v) is 17.7. The molecule has 0 bridgehead atoms. The highest BCUT2D eigenvalue weighted by Gasteiger charge is 2.12. The Balaban J connectivity index is 1.53. The van der Waals surface area contributed by atoms with Gasteiger partial charge in [0.15, 0.2) is 0 Å². The second-order valence-electron chi connectivity index (χ2n) is 6.80. The number of pyridine rings is 1. The second kappa shape index (κ2) is 12.2. The molecule has 0 spiro atoms. The molecule has 0 saturated carbocycles. The summed E-state index contributed by atoms with van der Waals surface area (Å²) in [6.45, 7) is -5.71. The van der Waals surface area contributed by atoms with E-state index in [1.165, 1.54) is 12.1 Å². The molecule has 1 amide bonds. The van der Waals surface area contributed by atoms with Crippen molar-refractivity contribution < 1.29 is 36.6 Å². The quantitative estimate of drug-likeness (QED) is 0.305. The summed E-state index contributed by atoms with van der Waals surface area (Å²) in [6, 6.07) is 14.1. The summed E-state index contributed by atoms with van der Waals surface area (Å²) < 4.78 is 64.1. The summed E-state index contributed by atoms with van der Waals surface area (Å²) >= 11 is 0. The van der Waals surface area contributed by atoms with Gasteiger partial charge in [0.1, 0.15) is 23.9 Å². The third-order valence-corrected chi connectivity index (χ3v) is 4.36. The highest BCUT2D eigenvalue weighted by atomic mass is 19.3. The fourth-order valence-electron chi connectivity index (χ4n) is 2.79. The molecule has 1 aromatic heterocycles. The number of rotatable bonds is 11. The molecule has 3 rings (SSSR count). The van der Waals surface area contributed by atoms with Gasteiger partial charge in [0.2, 0.25) is 5.91 Å². The van der Waals surface area contributed by atoms with E-state index < -0.39 is 24.9 Å². The number of benzene rings is 2. The molecule has 3 aromatic rings. The molecule has 0 atom stereocenters. The molecule has 0 aliphatic carbocycles. The summed E-state index contributed by atoms with van der Waals surface area (Å²) in [5.74, 6) is -0.586. The lowest BCUT2D eigenvalue weighted by atomic mass is 10.1. The van der Waals surface area contributed by atoms with Gasteiger partial charge >= 0.3 is 13.2 Å². The fourth-order valence-corrected chi connectivity index (χ4v) is 2.79. The molecule has 0 aliphatic heterocycles. The van der Waals surface area contributed by atoms with Gasteiger partial charge in [-0.05, 0) is 42.0 Å². The Morgan fingerprint density at radius 3 is 2.35 bits per heavy atom. The van der Waals surface area contributed by atoms with Crippen molar-refractivity contribution in [2.24, 2.45) is 0 Å². The number of nitrogens with one attached hydrogen (secondary N) is 1. The van der Waals surface area contributed by atoms with Crippen molar-refractivity contribution in [1.82, 2.24) is 10.3 Å². The van der Waals surface area contributed by atoms with Gasteiger partial charge in [0.05, 0.1) is 0 Å². The van der Waals surface area contributed by atoms with E-state index in [0.29, 0.717) is 12.4 Å². The number of ether oxygens (including phenoxy) is 3. The summed E-state index contributed by atoms with van der Waals surface area (Å²) in [6.07, 6.45) is 5.74. The van der Waals surface area contributed by atoms with Crippen LogP contribution in [0.15, 0.2) is 73.1 Å². The van der Waals surface area contributed by atoms with Crippen LogP contribution in [-0.2, 0) is 17.9 Å². The molecule has 1 N–H and O–H groups in total. The zero-order valence-electron chi connectivity index (χ0n) is 17.7. The minimum atomic E-state index is -3.18. The molecule has 178 valence electrons. The average Bonchev–Trinajstić information content (AvgIpc) is 2.81. The van der Waals surface area contributed by atoms with Crippen LogP contribution >= 0.6 is 0 Å². The van der Waals surface area contributed by atoms with Crippen molar-refractivity contribution in [2.75, 3.05) is 0 Å². The monoisotopic (exact) mass is 476 g/mol. The van der Waals surface area contributed by atoms with Gasteiger partial charge < -0.3 is 19.5 Å². The molecule has 10 heteroatoms. The van der Waals surface area contributed by atoms with Crippen molar-refractivity contribution in [3.8, 4) is 17.2 Å². The Hall–Kier alpha value is -4.08. The van der Waals surface area contributed by atoms with Gasteiger partial charge in [-0.2, -0.15) is 17.6 Å². The van der Waals surface area contributed by atoms with Gasteiger partial charge in [0, 0.05) is 42.2 Å². The Kier molecular flexibility index (Phi) is 8.84. The molecule has 0 saturated heterocycles. The average molecular weight is 476 g/mol. The van der Waals surface area contributed by atoms with E-state index in [1.807, 2.05) is 12.1 Å². The first-order chi connectivity index (χ1) is 16.4. The van der Waals surface area contributed by atoms with Crippen LogP contribution in [-0.4, -0.2) is 24.1 Å². The molecule has 1 heterocycles. The van der Waals surface area contributed by atoms with Crippen molar-refractivity contribution in [3.63, 3.8) is 0 Å². The van der Waals surface area contributed by atoms with E-state index in [4.69, 9.17) is 4.74 Å². The Labute approximate surface area is 192 Å². The number of carbonyl (C=O) groups is 1. The predicted octanol–water partition coefficient (Wildman–Crippen LogP) is 5.19. The maximum absolute atomic E-state index is 12.6.